The number of carboxylic acid groups (broad SMARTS) is 1. The minimum atomic E-state index is -1.27. The summed E-state index contributed by atoms with van der Waals surface area (Å²) in [7, 11) is 0. The molecule has 0 aliphatic carbocycles. The van der Waals surface area contributed by atoms with Crippen LogP contribution in [-0.2, 0) is 14.4 Å². The molecule has 21 heavy (non-hydrogen) atoms. The molecule has 2 N–H and O–H groups in total. The number of ketones is 1. The molecular weight excluding hydrogens is 314 g/mol. The molecule has 1 rings (SSSR count). The van der Waals surface area contributed by atoms with Crippen LogP contribution in [-0.4, -0.2) is 41.3 Å². The molecule has 1 aromatic rings. The van der Waals surface area contributed by atoms with Crippen LogP contribution in [0.25, 0.3) is 6.08 Å². The van der Waals surface area contributed by atoms with Crippen molar-refractivity contribution in [3.63, 3.8) is 0 Å². The van der Waals surface area contributed by atoms with Crippen LogP contribution in [0.4, 0.5) is 0 Å². The Labute approximate surface area is 131 Å². The molecule has 0 aliphatic heterocycles. The number of hydrogen-bond acceptors (Lipinski definition) is 4. The number of nitrogens with one attached hydrogen (secondary N) is 1. The molecule has 0 bridgehead atoms. The van der Waals surface area contributed by atoms with Gasteiger partial charge in [-0.05, 0) is 23.8 Å². The fraction of sp³-hybridized carbons (Fsp3) is 0.214. The number of halogens is 1. The molecule has 0 aliphatic rings. The number of amides is 1. The van der Waals surface area contributed by atoms with E-state index < -0.39 is 11.8 Å². The highest BCUT2D eigenvalue weighted by Gasteiger charge is 2.17. The Bertz CT molecular complexity index is 560. The van der Waals surface area contributed by atoms with Crippen LogP contribution in [0.5, 0.6) is 0 Å². The Balaban J connectivity index is 2.70. The van der Waals surface area contributed by atoms with Crippen LogP contribution in [0.15, 0.2) is 29.8 Å². The number of carbonyl (C=O) groups excluding carboxylic acids is 2. The third-order valence-corrected chi connectivity index (χ3v) is 3.59. The second kappa shape index (κ2) is 9.20. The number of Topliss-reactive ketones (excluding diaryl/α,β-unsaturated/α-hetero) is 1. The average molecular weight is 328 g/mol. The number of hydrogen-bond donors (Lipinski definition) is 2. The summed E-state index contributed by atoms with van der Waals surface area (Å²) in [6, 6.07) is 6.59. The topological polar surface area (TPSA) is 83.5 Å². The van der Waals surface area contributed by atoms with Crippen molar-refractivity contribution in [1.82, 2.24) is 5.32 Å². The van der Waals surface area contributed by atoms with Gasteiger partial charge in [0.2, 0.25) is 6.41 Å². The Hall–Kier alpha value is -1.79. The van der Waals surface area contributed by atoms with Gasteiger partial charge in [-0.3, -0.25) is 9.59 Å². The Morgan fingerprint density at radius 3 is 2.76 bits per heavy atom. The van der Waals surface area contributed by atoms with Gasteiger partial charge in [0.05, 0.1) is 5.75 Å². The summed E-state index contributed by atoms with van der Waals surface area (Å²) in [5, 5.41) is 12.1. The van der Waals surface area contributed by atoms with E-state index >= 15 is 0 Å². The van der Waals surface area contributed by atoms with E-state index in [0.717, 1.165) is 0 Å². The van der Waals surface area contributed by atoms with Crippen molar-refractivity contribution >= 4 is 47.6 Å². The van der Waals surface area contributed by atoms with Gasteiger partial charge in [-0.25, -0.2) is 4.79 Å². The highest BCUT2D eigenvalue weighted by molar-refractivity contribution is 8.00. The van der Waals surface area contributed by atoms with Crippen molar-refractivity contribution in [3.05, 3.63) is 40.4 Å². The molecule has 7 heteroatoms. The van der Waals surface area contributed by atoms with Crippen molar-refractivity contribution in [3.8, 4) is 0 Å². The maximum atomic E-state index is 11.9. The molecule has 5 nitrogen and oxygen atoms in total. The molecule has 0 saturated heterocycles. The third kappa shape index (κ3) is 6.46. The third-order valence-electron chi connectivity index (χ3n) is 2.40. The minimum absolute atomic E-state index is 0.0409. The Morgan fingerprint density at radius 1 is 1.38 bits per heavy atom. The van der Waals surface area contributed by atoms with Crippen LogP contribution < -0.4 is 5.32 Å². The summed E-state index contributed by atoms with van der Waals surface area (Å²) >= 11 is 7.08. The molecule has 0 fully saturated rings. The number of carbonyl (C=O) groups is 3. The van der Waals surface area contributed by atoms with E-state index in [-0.39, 0.29) is 11.3 Å². The zero-order chi connectivity index (χ0) is 15.7. The SMILES string of the molecule is O=CNCCSCC(=O)/C(=C\c1cccc(Cl)c1)C(=O)O. The molecule has 1 aromatic carbocycles. The van der Waals surface area contributed by atoms with Crippen LogP contribution in [0.3, 0.4) is 0 Å². The van der Waals surface area contributed by atoms with E-state index in [1.807, 2.05) is 0 Å². The Kier molecular flexibility index (Phi) is 7.56. The first-order valence-electron chi connectivity index (χ1n) is 6.03. The quantitative estimate of drug-likeness (QED) is 0.238. The van der Waals surface area contributed by atoms with Gasteiger partial charge in [0.1, 0.15) is 5.57 Å². The van der Waals surface area contributed by atoms with Gasteiger partial charge in [-0.1, -0.05) is 23.7 Å². The summed E-state index contributed by atoms with van der Waals surface area (Å²) in [5.41, 5.74) is 0.272. The summed E-state index contributed by atoms with van der Waals surface area (Å²) in [5.74, 6) is -1.17. The summed E-state index contributed by atoms with van der Waals surface area (Å²) in [4.78, 5) is 33.1. The molecule has 0 heterocycles. The van der Waals surface area contributed by atoms with Crippen molar-refractivity contribution in [2.45, 2.75) is 0 Å². The fourth-order valence-corrected chi connectivity index (χ4v) is 2.40. The van der Waals surface area contributed by atoms with Crippen molar-refractivity contribution in [1.29, 1.82) is 0 Å². The monoisotopic (exact) mass is 327 g/mol. The van der Waals surface area contributed by atoms with Crippen LogP contribution in [0, 0.1) is 0 Å². The molecule has 0 unspecified atom stereocenters. The zero-order valence-corrected chi connectivity index (χ0v) is 12.6. The normalized spacial score (nSPS) is 11.0. The number of thioether (sulfide) groups is 1. The molecule has 0 atom stereocenters. The second-order valence-electron chi connectivity index (χ2n) is 3.97. The Morgan fingerprint density at radius 2 is 2.14 bits per heavy atom. The van der Waals surface area contributed by atoms with E-state index in [2.05, 4.69) is 5.32 Å². The molecular formula is C14H14ClNO4S. The van der Waals surface area contributed by atoms with Crippen molar-refractivity contribution < 1.29 is 19.5 Å². The number of carboxylic acids is 1. The molecule has 0 aromatic heterocycles. The van der Waals surface area contributed by atoms with E-state index in [1.54, 1.807) is 24.3 Å². The van der Waals surface area contributed by atoms with Gasteiger partial charge in [0.15, 0.2) is 5.78 Å². The van der Waals surface area contributed by atoms with Crippen LogP contribution >= 0.6 is 23.4 Å². The van der Waals surface area contributed by atoms with E-state index in [9.17, 15) is 14.4 Å². The van der Waals surface area contributed by atoms with Crippen molar-refractivity contribution in [2.75, 3.05) is 18.1 Å². The lowest BCUT2D eigenvalue weighted by molar-refractivity contribution is -0.134. The lowest BCUT2D eigenvalue weighted by Gasteiger charge is -2.03. The van der Waals surface area contributed by atoms with Gasteiger partial charge in [0.25, 0.3) is 0 Å². The van der Waals surface area contributed by atoms with E-state index in [4.69, 9.17) is 16.7 Å². The lowest BCUT2D eigenvalue weighted by atomic mass is 10.1. The number of aliphatic carboxylic acids is 1. The van der Waals surface area contributed by atoms with Gasteiger partial charge >= 0.3 is 5.97 Å². The average Bonchev–Trinajstić information content (AvgIpc) is 2.44. The lowest BCUT2D eigenvalue weighted by Crippen LogP contribution is -2.17. The predicted molar refractivity (Wildman–Crippen MR) is 83.5 cm³/mol. The van der Waals surface area contributed by atoms with Gasteiger partial charge in [-0.2, -0.15) is 11.8 Å². The van der Waals surface area contributed by atoms with Gasteiger partial charge in [-0.15, -0.1) is 0 Å². The van der Waals surface area contributed by atoms with Crippen LogP contribution in [0.1, 0.15) is 5.56 Å². The maximum Gasteiger partial charge on any atom is 0.339 e. The first-order chi connectivity index (χ1) is 10.0. The van der Waals surface area contributed by atoms with Crippen molar-refractivity contribution in [2.24, 2.45) is 0 Å². The minimum Gasteiger partial charge on any atom is -0.478 e. The number of rotatable bonds is 9. The maximum absolute atomic E-state index is 11.9. The molecule has 112 valence electrons. The summed E-state index contributed by atoms with van der Waals surface area (Å²) in [6.07, 6.45) is 1.88. The first-order valence-corrected chi connectivity index (χ1v) is 7.56. The van der Waals surface area contributed by atoms with Gasteiger partial charge in [0, 0.05) is 17.3 Å². The summed E-state index contributed by atoms with van der Waals surface area (Å²) in [6.45, 7) is 0.432. The van der Waals surface area contributed by atoms with Crippen LogP contribution in [0.2, 0.25) is 5.02 Å². The highest BCUT2D eigenvalue weighted by atomic mass is 35.5. The smallest absolute Gasteiger partial charge is 0.339 e. The number of benzene rings is 1. The molecule has 1 amide bonds. The second-order valence-corrected chi connectivity index (χ2v) is 5.51. The molecule has 0 saturated carbocycles. The summed E-state index contributed by atoms with van der Waals surface area (Å²) < 4.78 is 0. The first kappa shape index (κ1) is 17.3. The highest BCUT2D eigenvalue weighted by Crippen LogP contribution is 2.15. The molecule has 0 radical (unpaired) electrons. The van der Waals surface area contributed by atoms with E-state index in [1.165, 1.54) is 17.8 Å². The zero-order valence-electron chi connectivity index (χ0n) is 11.0. The largest absolute Gasteiger partial charge is 0.478 e. The standard InChI is InChI=1S/C14H14ClNO4S/c15-11-3-1-2-10(6-11)7-12(14(19)20)13(18)8-21-5-4-16-9-17/h1-3,6-7,9H,4-5,8H2,(H,16,17)(H,19,20)/b12-7+. The predicted octanol–water partition coefficient (Wildman–Crippen LogP) is 1.86. The van der Waals surface area contributed by atoms with E-state index in [0.29, 0.717) is 29.3 Å². The van der Waals surface area contributed by atoms with Gasteiger partial charge < -0.3 is 10.4 Å². The fourth-order valence-electron chi connectivity index (χ4n) is 1.46. The molecule has 0 spiro atoms.